The second kappa shape index (κ2) is 7.00. The molecule has 0 aromatic carbocycles. The lowest BCUT2D eigenvalue weighted by atomic mass is 10.1. The van der Waals surface area contributed by atoms with Gasteiger partial charge in [-0.1, -0.05) is 11.2 Å². The van der Waals surface area contributed by atoms with E-state index >= 15 is 0 Å². The number of amides is 1. The molecule has 1 unspecified atom stereocenters. The Morgan fingerprint density at radius 2 is 2.35 bits per heavy atom. The lowest BCUT2D eigenvalue weighted by Crippen LogP contribution is -2.43. The fourth-order valence-corrected chi connectivity index (χ4v) is 3.64. The minimum atomic E-state index is -0.402. The summed E-state index contributed by atoms with van der Waals surface area (Å²) in [6.07, 6.45) is -0.0778. The lowest BCUT2D eigenvalue weighted by molar-refractivity contribution is -0.139. The summed E-state index contributed by atoms with van der Waals surface area (Å²) in [6, 6.07) is 3.87. The van der Waals surface area contributed by atoms with Gasteiger partial charge in [-0.05, 0) is 25.3 Å². The first-order chi connectivity index (χ1) is 12.6. The van der Waals surface area contributed by atoms with E-state index in [0.29, 0.717) is 37.8 Å². The fraction of sp³-hybridized carbons (Fsp3) is 0.412. The molecular weight excluding hydrogens is 354 g/mol. The number of nitrogens with zero attached hydrogens (tertiary/aromatic N) is 4. The standard InChI is InChI=1S/C17H19N5O3S/c1-10-12(11(2)20-19-10)8-15(23)22-5-6-24-13(9-22)17-18-16(21-25-17)14-4-3-7-26-14/h3-4,7,13H,5-6,8-9H2,1-2H3,(H,19,20). The Labute approximate surface area is 154 Å². The van der Waals surface area contributed by atoms with Gasteiger partial charge in [-0.25, -0.2) is 0 Å². The summed E-state index contributed by atoms with van der Waals surface area (Å²) in [5.74, 6) is 0.997. The van der Waals surface area contributed by atoms with Crippen LogP contribution in [0.5, 0.6) is 0 Å². The monoisotopic (exact) mass is 373 g/mol. The van der Waals surface area contributed by atoms with Crippen molar-refractivity contribution in [3.05, 3.63) is 40.4 Å². The molecule has 0 saturated carbocycles. The van der Waals surface area contributed by atoms with Gasteiger partial charge >= 0.3 is 0 Å². The molecule has 136 valence electrons. The molecule has 8 nitrogen and oxygen atoms in total. The number of morpholine rings is 1. The normalized spacial score (nSPS) is 17.6. The molecule has 3 aromatic rings. The third kappa shape index (κ3) is 3.27. The molecule has 1 atom stereocenters. The van der Waals surface area contributed by atoms with Crippen molar-refractivity contribution in [3.63, 3.8) is 0 Å². The van der Waals surface area contributed by atoms with Crippen molar-refractivity contribution in [1.82, 2.24) is 25.2 Å². The topological polar surface area (TPSA) is 97.1 Å². The van der Waals surface area contributed by atoms with Gasteiger partial charge in [0.05, 0.1) is 30.1 Å². The fourth-order valence-electron chi connectivity index (χ4n) is 2.99. The molecular formula is C17H19N5O3S. The van der Waals surface area contributed by atoms with Crippen LogP contribution < -0.4 is 0 Å². The number of aryl methyl sites for hydroxylation is 2. The first-order valence-corrected chi connectivity index (χ1v) is 9.27. The van der Waals surface area contributed by atoms with E-state index < -0.39 is 6.10 Å². The Kier molecular flexibility index (Phi) is 4.56. The first-order valence-electron chi connectivity index (χ1n) is 8.39. The summed E-state index contributed by atoms with van der Waals surface area (Å²) in [5, 5.41) is 13.0. The van der Waals surface area contributed by atoms with E-state index in [-0.39, 0.29) is 5.91 Å². The number of hydrogen-bond acceptors (Lipinski definition) is 7. The molecule has 1 fully saturated rings. The molecule has 3 aromatic heterocycles. The number of aromatic nitrogens is 4. The van der Waals surface area contributed by atoms with Crippen LogP contribution in [0.4, 0.5) is 0 Å². The van der Waals surface area contributed by atoms with E-state index in [1.807, 2.05) is 31.4 Å². The zero-order valence-electron chi connectivity index (χ0n) is 14.6. The molecule has 0 bridgehead atoms. The summed E-state index contributed by atoms with van der Waals surface area (Å²) >= 11 is 1.55. The number of aromatic amines is 1. The molecule has 1 aliphatic rings. The van der Waals surface area contributed by atoms with Crippen molar-refractivity contribution in [1.29, 1.82) is 0 Å². The maximum absolute atomic E-state index is 12.7. The number of carbonyl (C=O) groups is 1. The lowest BCUT2D eigenvalue weighted by Gasteiger charge is -2.31. The van der Waals surface area contributed by atoms with Crippen molar-refractivity contribution in [2.24, 2.45) is 0 Å². The van der Waals surface area contributed by atoms with Crippen LogP contribution in [-0.2, 0) is 16.0 Å². The number of ether oxygens (including phenoxy) is 1. The van der Waals surface area contributed by atoms with E-state index in [1.165, 1.54) is 0 Å². The molecule has 9 heteroatoms. The van der Waals surface area contributed by atoms with E-state index in [2.05, 4.69) is 20.3 Å². The quantitative estimate of drug-likeness (QED) is 0.753. The Balaban J connectivity index is 1.45. The van der Waals surface area contributed by atoms with Crippen molar-refractivity contribution in [3.8, 4) is 10.7 Å². The van der Waals surface area contributed by atoms with Gasteiger partial charge < -0.3 is 14.2 Å². The van der Waals surface area contributed by atoms with Crippen LogP contribution >= 0.6 is 11.3 Å². The summed E-state index contributed by atoms with van der Waals surface area (Å²) < 4.78 is 11.1. The number of hydrogen-bond donors (Lipinski definition) is 1. The first kappa shape index (κ1) is 16.9. The van der Waals surface area contributed by atoms with Gasteiger partial charge in [0.25, 0.3) is 5.89 Å². The van der Waals surface area contributed by atoms with Gasteiger partial charge in [0, 0.05) is 17.8 Å². The van der Waals surface area contributed by atoms with Gasteiger partial charge in [-0.3, -0.25) is 9.89 Å². The largest absolute Gasteiger partial charge is 0.365 e. The van der Waals surface area contributed by atoms with Gasteiger partial charge in [0.15, 0.2) is 6.10 Å². The average Bonchev–Trinajstić information content (AvgIpc) is 3.39. The van der Waals surface area contributed by atoms with Crippen molar-refractivity contribution < 1.29 is 14.1 Å². The predicted molar refractivity (Wildman–Crippen MR) is 94.6 cm³/mol. The zero-order valence-corrected chi connectivity index (χ0v) is 15.4. The van der Waals surface area contributed by atoms with Crippen molar-refractivity contribution in [2.75, 3.05) is 19.7 Å². The Bertz CT molecular complexity index is 882. The number of carbonyl (C=O) groups excluding carboxylic acids is 1. The summed E-state index contributed by atoms with van der Waals surface area (Å²) in [6.45, 7) is 5.22. The van der Waals surface area contributed by atoms with Crippen molar-refractivity contribution in [2.45, 2.75) is 26.4 Å². The maximum Gasteiger partial charge on any atom is 0.257 e. The van der Waals surface area contributed by atoms with Crippen LogP contribution in [0.15, 0.2) is 22.0 Å². The third-order valence-electron chi connectivity index (χ3n) is 4.49. The van der Waals surface area contributed by atoms with Crippen LogP contribution in [0.3, 0.4) is 0 Å². The van der Waals surface area contributed by atoms with Crippen LogP contribution in [-0.4, -0.2) is 50.8 Å². The molecule has 26 heavy (non-hydrogen) atoms. The molecule has 4 heterocycles. The Morgan fingerprint density at radius 3 is 3.08 bits per heavy atom. The third-order valence-corrected chi connectivity index (χ3v) is 5.35. The molecule has 1 amide bonds. The number of rotatable bonds is 4. The van der Waals surface area contributed by atoms with Gasteiger partial charge in [-0.15, -0.1) is 11.3 Å². The maximum atomic E-state index is 12.7. The Morgan fingerprint density at radius 1 is 1.46 bits per heavy atom. The minimum Gasteiger partial charge on any atom is -0.365 e. The molecule has 4 rings (SSSR count). The zero-order chi connectivity index (χ0) is 18.1. The number of H-pyrrole nitrogens is 1. The van der Waals surface area contributed by atoms with Crippen LogP contribution in [0.1, 0.15) is 28.9 Å². The van der Waals surface area contributed by atoms with Crippen LogP contribution in [0.25, 0.3) is 10.7 Å². The average molecular weight is 373 g/mol. The van der Waals surface area contributed by atoms with Crippen molar-refractivity contribution >= 4 is 17.2 Å². The minimum absolute atomic E-state index is 0.0453. The van der Waals surface area contributed by atoms with Gasteiger partial charge in [0.1, 0.15) is 0 Å². The summed E-state index contributed by atoms with van der Waals surface area (Å²) in [7, 11) is 0. The van der Waals surface area contributed by atoms with Crippen LogP contribution in [0.2, 0.25) is 0 Å². The predicted octanol–water partition coefficient (Wildman–Crippen LogP) is 2.28. The molecule has 1 aliphatic heterocycles. The highest BCUT2D eigenvalue weighted by molar-refractivity contribution is 7.13. The highest BCUT2D eigenvalue weighted by Crippen LogP contribution is 2.26. The molecule has 0 radical (unpaired) electrons. The number of thiophene rings is 1. The smallest absolute Gasteiger partial charge is 0.257 e. The van der Waals surface area contributed by atoms with E-state index in [0.717, 1.165) is 21.8 Å². The number of nitrogens with one attached hydrogen (secondary N) is 1. The van der Waals surface area contributed by atoms with Gasteiger partial charge in [-0.2, -0.15) is 10.1 Å². The highest BCUT2D eigenvalue weighted by Gasteiger charge is 2.30. The molecule has 0 spiro atoms. The second-order valence-corrected chi connectivity index (χ2v) is 7.17. The molecule has 0 aliphatic carbocycles. The van der Waals surface area contributed by atoms with Crippen LogP contribution in [0, 0.1) is 13.8 Å². The summed E-state index contributed by atoms with van der Waals surface area (Å²) in [4.78, 5) is 19.9. The SMILES string of the molecule is Cc1n[nH]c(C)c1CC(=O)N1CCOC(c2nc(-c3cccs3)no2)C1. The van der Waals surface area contributed by atoms with E-state index in [1.54, 1.807) is 16.2 Å². The van der Waals surface area contributed by atoms with Gasteiger partial charge in [0.2, 0.25) is 11.7 Å². The molecule has 1 N–H and O–H groups in total. The summed E-state index contributed by atoms with van der Waals surface area (Å²) in [5.41, 5.74) is 2.74. The highest BCUT2D eigenvalue weighted by atomic mass is 32.1. The van der Waals surface area contributed by atoms with E-state index in [9.17, 15) is 4.79 Å². The van der Waals surface area contributed by atoms with E-state index in [4.69, 9.17) is 9.26 Å². The molecule has 1 saturated heterocycles. The second-order valence-electron chi connectivity index (χ2n) is 6.22. The Hall–Kier alpha value is -2.52.